The normalized spacial score (nSPS) is 15.4. The fourth-order valence-corrected chi connectivity index (χ4v) is 2.75. The first-order chi connectivity index (χ1) is 9.98. The van der Waals surface area contributed by atoms with Gasteiger partial charge in [-0.15, -0.1) is 0 Å². The van der Waals surface area contributed by atoms with E-state index in [2.05, 4.69) is 32.9 Å². The van der Waals surface area contributed by atoms with E-state index < -0.39 is 0 Å². The van der Waals surface area contributed by atoms with Crippen molar-refractivity contribution in [1.29, 1.82) is 0 Å². The van der Waals surface area contributed by atoms with Crippen molar-refractivity contribution in [3.8, 4) is 17.2 Å². The lowest BCUT2D eigenvalue weighted by Crippen LogP contribution is -2.24. The number of benzene rings is 2. The highest BCUT2D eigenvalue weighted by Gasteiger charge is 2.32. The summed E-state index contributed by atoms with van der Waals surface area (Å²) in [6.07, 6.45) is 0.900. The van der Waals surface area contributed by atoms with Crippen LogP contribution in [0.4, 0.5) is 0 Å². The number of hydrogen-bond donors (Lipinski definition) is 1. The lowest BCUT2D eigenvalue weighted by Gasteiger charge is -2.18. The third-order valence-electron chi connectivity index (χ3n) is 3.71. The molecule has 0 spiro atoms. The molecule has 2 N–H and O–H groups in total. The summed E-state index contributed by atoms with van der Waals surface area (Å²) < 4.78 is 12.1. The minimum absolute atomic E-state index is 0.175. The van der Waals surface area contributed by atoms with Gasteiger partial charge in [0.2, 0.25) is 0 Å². The number of aryl methyl sites for hydroxylation is 1. The van der Waals surface area contributed by atoms with Gasteiger partial charge in [0.1, 0.15) is 11.4 Å². The Morgan fingerprint density at radius 1 is 1.19 bits per heavy atom. The molecule has 3 rings (SSSR count). The van der Waals surface area contributed by atoms with E-state index >= 15 is 0 Å². The maximum atomic E-state index is 6.09. The van der Waals surface area contributed by atoms with Crippen LogP contribution in [-0.2, 0) is 13.0 Å². The van der Waals surface area contributed by atoms with Crippen LogP contribution in [-0.4, -0.2) is 5.60 Å². The molecule has 0 saturated carbocycles. The van der Waals surface area contributed by atoms with Crippen molar-refractivity contribution < 1.29 is 9.47 Å². The van der Waals surface area contributed by atoms with E-state index in [1.165, 1.54) is 11.1 Å². The molecule has 1 aliphatic heterocycles. The van der Waals surface area contributed by atoms with Gasteiger partial charge in [-0.05, 0) is 32.9 Å². The first-order valence-corrected chi connectivity index (χ1v) is 7.27. The van der Waals surface area contributed by atoms with Crippen molar-refractivity contribution in [2.75, 3.05) is 0 Å². The predicted molar refractivity (Wildman–Crippen MR) is 84.0 cm³/mol. The number of hydrogen-bond acceptors (Lipinski definition) is 3. The topological polar surface area (TPSA) is 44.5 Å². The second kappa shape index (κ2) is 5.08. The minimum Gasteiger partial charge on any atom is -0.483 e. The number of para-hydroxylation sites is 1. The molecule has 1 aliphatic rings. The fraction of sp³-hybridized carbons (Fsp3) is 0.333. The van der Waals surface area contributed by atoms with Gasteiger partial charge in [0.25, 0.3) is 0 Å². The number of nitrogens with two attached hydrogens (primary N) is 1. The predicted octanol–water partition coefficient (Wildman–Crippen LogP) is 3.96. The SMILES string of the molecule is Cc1ccc(Oc2cccc3c2OC(C)(C)C3)c(CN)c1. The van der Waals surface area contributed by atoms with Gasteiger partial charge in [-0.25, -0.2) is 0 Å². The summed E-state index contributed by atoms with van der Waals surface area (Å²) in [5.74, 6) is 2.41. The zero-order valence-corrected chi connectivity index (χ0v) is 12.8. The summed E-state index contributed by atoms with van der Waals surface area (Å²) in [6.45, 7) is 6.69. The number of rotatable bonds is 3. The van der Waals surface area contributed by atoms with Crippen LogP contribution in [0.1, 0.15) is 30.5 Å². The molecule has 3 nitrogen and oxygen atoms in total. The van der Waals surface area contributed by atoms with Gasteiger partial charge in [-0.3, -0.25) is 0 Å². The van der Waals surface area contributed by atoms with E-state index in [0.29, 0.717) is 6.54 Å². The Hall–Kier alpha value is -2.00. The summed E-state index contributed by atoms with van der Waals surface area (Å²) in [6, 6.07) is 12.1. The Kier molecular flexibility index (Phi) is 3.38. The van der Waals surface area contributed by atoms with Crippen LogP contribution in [0, 0.1) is 6.92 Å². The standard InChI is InChI=1S/C18H21NO2/c1-12-7-8-15(14(9-12)11-19)20-16-6-4-5-13-10-18(2,3)21-17(13)16/h4-9H,10-11,19H2,1-3H3. The minimum atomic E-state index is -0.175. The molecule has 0 amide bonds. The summed E-state index contributed by atoms with van der Waals surface area (Å²) >= 11 is 0. The molecule has 2 aromatic carbocycles. The first kappa shape index (κ1) is 14.0. The van der Waals surface area contributed by atoms with E-state index in [9.17, 15) is 0 Å². The smallest absolute Gasteiger partial charge is 0.169 e. The molecule has 0 fully saturated rings. The van der Waals surface area contributed by atoms with E-state index in [4.69, 9.17) is 15.2 Å². The highest BCUT2D eigenvalue weighted by Crippen LogP contribution is 2.43. The van der Waals surface area contributed by atoms with Crippen LogP contribution in [0.15, 0.2) is 36.4 Å². The van der Waals surface area contributed by atoms with Crippen LogP contribution in [0.2, 0.25) is 0 Å². The molecular weight excluding hydrogens is 262 g/mol. The van der Waals surface area contributed by atoms with E-state index in [1.807, 2.05) is 24.3 Å². The maximum Gasteiger partial charge on any atom is 0.169 e. The Morgan fingerprint density at radius 3 is 2.76 bits per heavy atom. The van der Waals surface area contributed by atoms with Gasteiger partial charge in [0.15, 0.2) is 11.5 Å². The van der Waals surface area contributed by atoms with Crippen LogP contribution >= 0.6 is 0 Å². The van der Waals surface area contributed by atoms with Crippen molar-refractivity contribution in [3.63, 3.8) is 0 Å². The molecule has 110 valence electrons. The largest absolute Gasteiger partial charge is 0.483 e. The first-order valence-electron chi connectivity index (χ1n) is 7.27. The molecule has 0 aromatic heterocycles. The van der Waals surface area contributed by atoms with Gasteiger partial charge >= 0.3 is 0 Å². The van der Waals surface area contributed by atoms with Crippen molar-refractivity contribution in [1.82, 2.24) is 0 Å². The van der Waals surface area contributed by atoms with E-state index in [-0.39, 0.29) is 5.60 Å². The van der Waals surface area contributed by atoms with Gasteiger partial charge in [0, 0.05) is 24.1 Å². The zero-order chi connectivity index (χ0) is 15.0. The van der Waals surface area contributed by atoms with E-state index in [1.54, 1.807) is 0 Å². The molecule has 0 saturated heterocycles. The molecule has 2 aromatic rings. The van der Waals surface area contributed by atoms with Crippen LogP contribution in [0.5, 0.6) is 17.2 Å². The Labute approximate surface area is 125 Å². The molecule has 0 radical (unpaired) electrons. The second-order valence-electron chi connectivity index (χ2n) is 6.20. The Morgan fingerprint density at radius 2 is 2.00 bits per heavy atom. The number of fused-ring (bicyclic) bond motifs is 1. The average molecular weight is 283 g/mol. The second-order valence-corrected chi connectivity index (χ2v) is 6.20. The monoisotopic (exact) mass is 283 g/mol. The van der Waals surface area contributed by atoms with Crippen molar-refractivity contribution >= 4 is 0 Å². The Bertz CT molecular complexity index is 677. The zero-order valence-electron chi connectivity index (χ0n) is 12.8. The summed E-state index contributed by atoms with van der Waals surface area (Å²) in [4.78, 5) is 0. The third-order valence-corrected chi connectivity index (χ3v) is 3.71. The van der Waals surface area contributed by atoms with Gasteiger partial charge in [-0.2, -0.15) is 0 Å². The molecule has 3 heteroatoms. The quantitative estimate of drug-likeness (QED) is 0.927. The van der Waals surface area contributed by atoms with Crippen LogP contribution in [0.3, 0.4) is 0 Å². The third kappa shape index (κ3) is 2.74. The summed E-state index contributed by atoms with van der Waals surface area (Å²) in [5.41, 5.74) is 9.02. The van der Waals surface area contributed by atoms with E-state index in [0.717, 1.165) is 29.2 Å². The van der Waals surface area contributed by atoms with Crippen LogP contribution in [0.25, 0.3) is 0 Å². The molecule has 0 unspecified atom stereocenters. The van der Waals surface area contributed by atoms with Crippen molar-refractivity contribution in [2.45, 2.75) is 39.3 Å². The molecular formula is C18H21NO2. The van der Waals surface area contributed by atoms with Crippen molar-refractivity contribution in [2.24, 2.45) is 5.73 Å². The maximum absolute atomic E-state index is 6.09. The fourth-order valence-electron chi connectivity index (χ4n) is 2.75. The summed E-state index contributed by atoms with van der Waals surface area (Å²) in [7, 11) is 0. The lowest BCUT2D eigenvalue weighted by molar-refractivity contribution is 0.135. The van der Waals surface area contributed by atoms with Gasteiger partial charge < -0.3 is 15.2 Å². The number of ether oxygens (including phenoxy) is 2. The Balaban J connectivity index is 1.96. The summed E-state index contributed by atoms with van der Waals surface area (Å²) in [5, 5.41) is 0. The molecule has 21 heavy (non-hydrogen) atoms. The van der Waals surface area contributed by atoms with Crippen LogP contribution < -0.4 is 15.2 Å². The molecule has 0 atom stereocenters. The molecule has 0 bridgehead atoms. The van der Waals surface area contributed by atoms with Gasteiger partial charge in [-0.1, -0.05) is 29.8 Å². The highest BCUT2D eigenvalue weighted by atomic mass is 16.5. The van der Waals surface area contributed by atoms with Gasteiger partial charge in [0.05, 0.1) is 0 Å². The lowest BCUT2D eigenvalue weighted by atomic mass is 10.0. The molecule has 1 heterocycles. The highest BCUT2D eigenvalue weighted by molar-refractivity contribution is 5.52. The van der Waals surface area contributed by atoms with Crippen molar-refractivity contribution in [3.05, 3.63) is 53.1 Å². The average Bonchev–Trinajstić information content (AvgIpc) is 2.75. The molecule has 0 aliphatic carbocycles.